The molecular formula is C25H21N5OS. The van der Waals surface area contributed by atoms with Gasteiger partial charge in [-0.3, -0.25) is 13.8 Å². The number of para-hydroxylation sites is 1. The van der Waals surface area contributed by atoms with E-state index in [4.69, 9.17) is 0 Å². The number of fused-ring (bicyclic) bond motifs is 1. The smallest absolute Gasteiger partial charge is 0.258 e. The van der Waals surface area contributed by atoms with Crippen molar-refractivity contribution in [1.82, 2.24) is 24.1 Å². The average molecular weight is 440 g/mol. The summed E-state index contributed by atoms with van der Waals surface area (Å²) in [5.74, 6) is 1.39. The molecular weight excluding hydrogens is 418 g/mol. The minimum Gasteiger partial charge on any atom is -0.274 e. The van der Waals surface area contributed by atoms with E-state index in [2.05, 4.69) is 31.9 Å². The third-order valence-electron chi connectivity index (χ3n) is 5.20. The minimum absolute atomic E-state index is 0.0713. The van der Waals surface area contributed by atoms with Gasteiger partial charge in [0.05, 0.1) is 5.69 Å². The summed E-state index contributed by atoms with van der Waals surface area (Å²) in [7, 11) is 0. The predicted molar refractivity (Wildman–Crippen MR) is 126 cm³/mol. The summed E-state index contributed by atoms with van der Waals surface area (Å²) in [6, 6.07) is 27.6. The summed E-state index contributed by atoms with van der Waals surface area (Å²) in [6.45, 7) is 1.90. The van der Waals surface area contributed by atoms with Crippen LogP contribution in [0, 0.1) is 6.92 Å². The van der Waals surface area contributed by atoms with E-state index in [9.17, 15) is 4.79 Å². The number of rotatable bonds is 6. The second kappa shape index (κ2) is 8.80. The molecule has 0 bridgehead atoms. The molecule has 158 valence electrons. The van der Waals surface area contributed by atoms with E-state index < -0.39 is 0 Å². The molecule has 0 radical (unpaired) electrons. The number of aryl methyl sites for hydroxylation is 1. The summed E-state index contributed by atoms with van der Waals surface area (Å²) in [6.07, 6.45) is 0.679. The van der Waals surface area contributed by atoms with Crippen LogP contribution in [0.2, 0.25) is 0 Å². The number of hydrogen-bond acceptors (Lipinski definition) is 5. The average Bonchev–Trinajstić information content (AvgIpc) is 3.21. The van der Waals surface area contributed by atoms with E-state index in [-0.39, 0.29) is 5.56 Å². The standard InChI is InChI=1S/C25H21N5OS/c1-18-9-8-14-22-26-20(16-24(31)29(18)22)17-32-25-28-27-23(15-19-10-4-2-5-11-19)30(25)21-12-6-3-7-13-21/h2-14,16H,15,17H2,1H3. The summed E-state index contributed by atoms with van der Waals surface area (Å²) in [4.78, 5) is 17.3. The van der Waals surface area contributed by atoms with Gasteiger partial charge in [-0.1, -0.05) is 66.4 Å². The molecule has 0 unspecified atom stereocenters. The van der Waals surface area contributed by atoms with Gasteiger partial charge >= 0.3 is 0 Å². The Hall–Kier alpha value is -3.71. The van der Waals surface area contributed by atoms with Crippen LogP contribution < -0.4 is 5.56 Å². The lowest BCUT2D eigenvalue weighted by molar-refractivity contribution is 0.847. The molecule has 7 heteroatoms. The molecule has 0 atom stereocenters. The molecule has 3 aromatic heterocycles. The lowest BCUT2D eigenvalue weighted by atomic mass is 10.1. The Bertz CT molecular complexity index is 1430. The van der Waals surface area contributed by atoms with E-state index in [0.29, 0.717) is 17.8 Å². The molecule has 6 nitrogen and oxygen atoms in total. The highest BCUT2D eigenvalue weighted by molar-refractivity contribution is 7.98. The number of thioether (sulfide) groups is 1. The van der Waals surface area contributed by atoms with Crippen molar-refractivity contribution in [2.24, 2.45) is 0 Å². The summed E-state index contributed by atoms with van der Waals surface area (Å²) in [5.41, 5.74) is 4.35. The van der Waals surface area contributed by atoms with Crippen LogP contribution in [0.3, 0.4) is 0 Å². The van der Waals surface area contributed by atoms with Crippen LogP contribution in [0.15, 0.2) is 94.9 Å². The van der Waals surface area contributed by atoms with Crippen LogP contribution >= 0.6 is 11.8 Å². The van der Waals surface area contributed by atoms with Gasteiger partial charge in [-0.15, -0.1) is 10.2 Å². The largest absolute Gasteiger partial charge is 0.274 e. The van der Waals surface area contributed by atoms with Gasteiger partial charge in [0.1, 0.15) is 11.5 Å². The highest BCUT2D eigenvalue weighted by Gasteiger charge is 2.16. The number of benzene rings is 2. The van der Waals surface area contributed by atoms with Gasteiger partial charge in [-0.05, 0) is 36.8 Å². The summed E-state index contributed by atoms with van der Waals surface area (Å²) >= 11 is 1.53. The topological polar surface area (TPSA) is 65.1 Å². The van der Waals surface area contributed by atoms with Crippen molar-refractivity contribution in [3.63, 3.8) is 0 Å². The fourth-order valence-corrected chi connectivity index (χ4v) is 4.56. The number of pyridine rings is 1. The Kier molecular flexibility index (Phi) is 5.56. The maximum Gasteiger partial charge on any atom is 0.258 e. The van der Waals surface area contributed by atoms with Crippen LogP contribution in [0.1, 0.15) is 22.8 Å². The van der Waals surface area contributed by atoms with Gasteiger partial charge in [0.15, 0.2) is 5.16 Å². The molecule has 0 N–H and O–H groups in total. The van der Waals surface area contributed by atoms with E-state index in [1.54, 1.807) is 10.5 Å². The van der Waals surface area contributed by atoms with Crippen molar-refractivity contribution in [3.8, 4) is 5.69 Å². The molecule has 0 saturated heterocycles. The molecule has 2 aromatic carbocycles. The lowest BCUT2D eigenvalue weighted by Crippen LogP contribution is -2.17. The minimum atomic E-state index is -0.0713. The van der Waals surface area contributed by atoms with Gasteiger partial charge in [0, 0.05) is 29.6 Å². The Morgan fingerprint density at radius 1 is 0.875 bits per heavy atom. The maximum atomic E-state index is 12.6. The van der Waals surface area contributed by atoms with Crippen molar-refractivity contribution < 1.29 is 0 Å². The molecule has 0 fully saturated rings. The van der Waals surface area contributed by atoms with Crippen LogP contribution in [-0.4, -0.2) is 24.1 Å². The first-order valence-corrected chi connectivity index (χ1v) is 11.3. The van der Waals surface area contributed by atoms with E-state index in [0.717, 1.165) is 28.1 Å². The van der Waals surface area contributed by atoms with Crippen LogP contribution in [0.5, 0.6) is 0 Å². The molecule has 5 aromatic rings. The fraction of sp³-hybridized carbons (Fsp3) is 0.120. The molecule has 0 aliphatic heterocycles. The van der Waals surface area contributed by atoms with Crippen molar-refractivity contribution in [2.45, 2.75) is 24.3 Å². The zero-order valence-electron chi connectivity index (χ0n) is 17.5. The first-order valence-electron chi connectivity index (χ1n) is 10.3. The quantitative estimate of drug-likeness (QED) is 0.365. The highest BCUT2D eigenvalue weighted by Crippen LogP contribution is 2.25. The lowest BCUT2D eigenvalue weighted by Gasteiger charge is -2.10. The second-order valence-electron chi connectivity index (χ2n) is 7.47. The molecule has 0 amide bonds. The molecule has 0 aliphatic carbocycles. The van der Waals surface area contributed by atoms with Crippen LogP contribution in [0.4, 0.5) is 0 Å². The Labute approximate surface area is 189 Å². The maximum absolute atomic E-state index is 12.6. The van der Waals surface area contributed by atoms with Crippen LogP contribution in [0.25, 0.3) is 11.3 Å². The number of hydrogen-bond donors (Lipinski definition) is 0. The highest BCUT2D eigenvalue weighted by atomic mass is 32.2. The second-order valence-corrected chi connectivity index (χ2v) is 8.41. The third-order valence-corrected chi connectivity index (χ3v) is 6.16. The number of nitrogens with zero attached hydrogens (tertiary/aromatic N) is 5. The van der Waals surface area contributed by atoms with E-state index in [1.165, 1.54) is 17.3 Å². The van der Waals surface area contributed by atoms with E-state index in [1.807, 2.05) is 73.7 Å². The molecule has 5 rings (SSSR count). The SMILES string of the molecule is Cc1cccc2nc(CSc3nnc(Cc4ccccc4)n3-c3ccccc3)cc(=O)n12. The zero-order valence-corrected chi connectivity index (χ0v) is 18.4. The van der Waals surface area contributed by atoms with Crippen molar-refractivity contribution in [1.29, 1.82) is 0 Å². The normalized spacial score (nSPS) is 11.2. The zero-order chi connectivity index (χ0) is 21.9. The van der Waals surface area contributed by atoms with Gasteiger partial charge in [0.2, 0.25) is 0 Å². The molecule has 0 saturated carbocycles. The van der Waals surface area contributed by atoms with Crippen LogP contribution in [-0.2, 0) is 12.2 Å². The van der Waals surface area contributed by atoms with Gasteiger partial charge in [0.25, 0.3) is 5.56 Å². The van der Waals surface area contributed by atoms with E-state index >= 15 is 0 Å². The monoisotopic (exact) mass is 439 g/mol. The summed E-state index contributed by atoms with van der Waals surface area (Å²) in [5, 5.41) is 9.72. The number of aromatic nitrogens is 5. The van der Waals surface area contributed by atoms with Gasteiger partial charge < -0.3 is 0 Å². The van der Waals surface area contributed by atoms with Crippen molar-refractivity contribution in [3.05, 3.63) is 118 Å². The molecule has 0 aliphatic rings. The van der Waals surface area contributed by atoms with Crippen molar-refractivity contribution in [2.75, 3.05) is 0 Å². The molecule has 32 heavy (non-hydrogen) atoms. The Balaban J connectivity index is 1.47. The first-order chi connectivity index (χ1) is 15.7. The Morgan fingerprint density at radius 3 is 2.41 bits per heavy atom. The fourth-order valence-electron chi connectivity index (χ4n) is 3.70. The molecule has 0 spiro atoms. The molecule has 3 heterocycles. The van der Waals surface area contributed by atoms with Crippen molar-refractivity contribution >= 4 is 17.4 Å². The summed E-state index contributed by atoms with van der Waals surface area (Å²) < 4.78 is 3.70. The Morgan fingerprint density at radius 2 is 1.62 bits per heavy atom. The predicted octanol–water partition coefficient (Wildman–Crippen LogP) is 4.47. The third kappa shape index (κ3) is 4.07. The van der Waals surface area contributed by atoms with Gasteiger partial charge in [-0.2, -0.15) is 0 Å². The first kappa shape index (κ1) is 20.2. The van der Waals surface area contributed by atoms with Gasteiger partial charge in [-0.25, -0.2) is 4.98 Å².